The fraction of sp³-hybridized carbons (Fsp3) is 0. The third-order valence-electron chi connectivity index (χ3n) is 2.67. The first-order chi connectivity index (χ1) is 9.88. The van der Waals surface area contributed by atoms with Crippen molar-refractivity contribution in [3.63, 3.8) is 0 Å². The van der Waals surface area contributed by atoms with E-state index in [4.69, 9.17) is 5.73 Å². The molecule has 3 N–H and O–H groups in total. The zero-order chi connectivity index (χ0) is 15.6. The Morgan fingerprint density at radius 3 is 2.48 bits per heavy atom. The average Bonchev–Trinajstić information content (AvgIpc) is 2.40. The average molecular weight is 293 g/mol. The van der Waals surface area contributed by atoms with Crippen LogP contribution in [0.4, 0.5) is 25.8 Å². The van der Waals surface area contributed by atoms with Crippen LogP contribution in [0, 0.1) is 21.7 Å². The van der Waals surface area contributed by atoms with Crippen LogP contribution < -0.4 is 11.1 Å². The van der Waals surface area contributed by atoms with E-state index in [1.165, 1.54) is 0 Å². The number of nitrogens with two attached hydrogens (primary N) is 1. The molecular weight excluding hydrogens is 284 g/mol. The molecule has 2 aromatic rings. The van der Waals surface area contributed by atoms with Gasteiger partial charge in [-0.05, 0) is 24.3 Å². The third-order valence-corrected chi connectivity index (χ3v) is 2.67. The Hall–Kier alpha value is -3.03. The second-order valence-electron chi connectivity index (χ2n) is 4.11. The Morgan fingerprint density at radius 1 is 1.19 bits per heavy atom. The number of carbonyl (C=O) groups is 1. The number of halogens is 2. The molecule has 0 aromatic heterocycles. The minimum absolute atomic E-state index is 0.0332. The van der Waals surface area contributed by atoms with Crippen LogP contribution in [0.15, 0.2) is 36.4 Å². The van der Waals surface area contributed by atoms with Gasteiger partial charge < -0.3 is 11.1 Å². The van der Waals surface area contributed by atoms with Gasteiger partial charge in [0.1, 0.15) is 5.82 Å². The molecule has 0 spiro atoms. The van der Waals surface area contributed by atoms with E-state index in [-0.39, 0.29) is 16.9 Å². The lowest BCUT2D eigenvalue weighted by Crippen LogP contribution is -2.15. The molecule has 0 aliphatic rings. The fourth-order valence-electron chi connectivity index (χ4n) is 1.65. The second-order valence-corrected chi connectivity index (χ2v) is 4.11. The van der Waals surface area contributed by atoms with Crippen molar-refractivity contribution in [3.8, 4) is 0 Å². The van der Waals surface area contributed by atoms with Crippen molar-refractivity contribution >= 4 is 23.0 Å². The zero-order valence-electron chi connectivity index (χ0n) is 10.5. The SMILES string of the molecule is Nc1cc(F)ccc1C(=O)Nc1ccc([N+](=O)[O-])cc1F. The molecule has 6 nitrogen and oxygen atoms in total. The molecule has 2 rings (SSSR count). The Balaban J connectivity index is 2.25. The van der Waals surface area contributed by atoms with E-state index < -0.39 is 28.2 Å². The highest BCUT2D eigenvalue weighted by Crippen LogP contribution is 2.22. The summed E-state index contributed by atoms with van der Waals surface area (Å²) in [6.07, 6.45) is 0. The molecule has 0 saturated carbocycles. The zero-order valence-corrected chi connectivity index (χ0v) is 10.5. The molecule has 8 heteroatoms. The summed E-state index contributed by atoms with van der Waals surface area (Å²) in [7, 11) is 0. The van der Waals surface area contributed by atoms with E-state index in [2.05, 4.69) is 5.32 Å². The number of nitro groups is 1. The number of benzene rings is 2. The Labute approximate surface area is 117 Å². The number of hydrogen-bond acceptors (Lipinski definition) is 4. The predicted octanol–water partition coefficient (Wildman–Crippen LogP) is 2.71. The van der Waals surface area contributed by atoms with E-state index in [1.807, 2.05) is 0 Å². The number of nitrogens with one attached hydrogen (secondary N) is 1. The fourth-order valence-corrected chi connectivity index (χ4v) is 1.65. The molecule has 0 unspecified atom stereocenters. The summed E-state index contributed by atoms with van der Waals surface area (Å²) in [4.78, 5) is 21.6. The molecule has 0 radical (unpaired) electrons. The lowest BCUT2D eigenvalue weighted by molar-refractivity contribution is -0.385. The van der Waals surface area contributed by atoms with Crippen LogP contribution in [-0.2, 0) is 0 Å². The first kappa shape index (κ1) is 14.4. The summed E-state index contributed by atoms with van der Waals surface area (Å²) < 4.78 is 26.5. The van der Waals surface area contributed by atoms with Crippen LogP contribution in [0.1, 0.15) is 10.4 Å². The highest BCUT2D eigenvalue weighted by Gasteiger charge is 2.15. The molecule has 1 amide bonds. The van der Waals surface area contributed by atoms with Crippen LogP contribution >= 0.6 is 0 Å². The number of carbonyl (C=O) groups excluding carboxylic acids is 1. The molecule has 0 heterocycles. The standard InChI is InChI=1S/C13H9F2N3O3/c14-7-1-3-9(11(16)5-7)13(19)17-12-4-2-8(18(20)21)6-10(12)15/h1-6H,16H2,(H,17,19). The lowest BCUT2D eigenvalue weighted by Gasteiger charge is -2.08. The van der Waals surface area contributed by atoms with Crippen LogP contribution in [0.25, 0.3) is 0 Å². The number of rotatable bonds is 3. The van der Waals surface area contributed by atoms with Crippen molar-refractivity contribution in [3.05, 3.63) is 63.7 Å². The van der Waals surface area contributed by atoms with Gasteiger partial charge in [-0.1, -0.05) is 0 Å². The van der Waals surface area contributed by atoms with Crippen molar-refractivity contribution in [2.24, 2.45) is 0 Å². The van der Waals surface area contributed by atoms with Gasteiger partial charge in [-0.15, -0.1) is 0 Å². The number of non-ortho nitro benzene ring substituents is 1. The monoisotopic (exact) mass is 293 g/mol. The highest BCUT2D eigenvalue weighted by atomic mass is 19.1. The number of amides is 1. The summed E-state index contributed by atoms with van der Waals surface area (Å²) in [6, 6.07) is 5.95. The van der Waals surface area contributed by atoms with E-state index in [1.54, 1.807) is 0 Å². The van der Waals surface area contributed by atoms with Gasteiger partial charge >= 0.3 is 0 Å². The van der Waals surface area contributed by atoms with Gasteiger partial charge in [0.2, 0.25) is 0 Å². The van der Waals surface area contributed by atoms with Gasteiger partial charge in [0.25, 0.3) is 11.6 Å². The molecule has 108 valence electrons. The number of anilines is 2. The van der Waals surface area contributed by atoms with Crippen molar-refractivity contribution in [2.45, 2.75) is 0 Å². The van der Waals surface area contributed by atoms with Gasteiger partial charge in [0.05, 0.1) is 22.2 Å². The van der Waals surface area contributed by atoms with Crippen LogP contribution in [0.2, 0.25) is 0 Å². The van der Waals surface area contributed by atoms with Crippen molar-refractivity contribution in [1.82, 2.24) is 0 Å². The van der Waals surface area contributed by atoms with E-state index >= 15 is 0 Å². The third kappa shape index (κ3) is 3.11. The van der Waals surface area contributed by atoms with Gasteiger partial charge in [-0.25, -0.2) is 8.78 Å². The minimum Gasteiger partial charge on any atom is -0.398 e. The van der Waals surface area contributed by atoms with Gasteiger partial charge in [0, 0.05) is 11.8 Å². The van der Waals surface area contributed by atoms with E-state index in [9.17, 15) is 23.7 Å². The lowest BCUT2D eigenvalue weighted by atomic mass is 10.1. The Morgan fingerprint density at radius 2 is 1.90 bits per heavy atom. The van der Waals surface area contributed by atoms with Gasteiger partial charge in [-0.2, -0.15) is 0 Å². The molecule has 0 bridgehead atoms. The van der Waals surface area contributed by atoms with Gasteiger partial charge in [0.15, 0.2) is 5.82 Å². The van der Waals surface area contributed by atoms with Crippen LogP contribution in [0.5, 0.6) is 0 Å². The smallest absolute Gasteiger partial charge is 0.272 e. The summed E-state index contributed by atoms with van der Waals surface area (Å²) >= 11 is 0. The quantitative estimate of drug-likeness (QED) is 0.516. The van der Waals surface area contributed by atoms with Crippen molar-refractivity contribution in [2.75, 3.05) is 11.1 Å². The molecule has 0 fully saturated rings. The molecule has 0 saturated heterocycles. The predicted molar refractivity (Wildman–Crippen MR) is 71.8 cm³/mol. The minimum atomic E-state index is -0.960. The molecule has 0 aliphatic carbocycles. The van der Waals surface area contributed by atoms with Gasteiger partial charge in [-0.3, -0.25) is 14.9 Å². The van der Waals surface area contributed by atoms with Crippen molar-refractivity contribution in [1.29, 1.82) is 0 Å². The largest absolute Gasteiger partial charge is 0.398 e. The maximum atomic E-state index is 13.6. The molecule has 21 heavy (non-hydrogen) atoms. The topological polar surface area (TPSA) is 98.3 Å². The van der Waals surface area contributed by atoms with Crippen LogP contribution in [0.3, 0.4) is 0 Å². The van der Waals surface area contributed by atoms with Crippen LogP contribution in [-0.4, -0.2) is 10.8 Å². The number of nitro benzene ring substituents is 1. The molecule has 2 aromatic carbocycles. The summed E-state index contributed by atoms with van der Waals surface area (Å²) in [5.74, 6) is -2.32. The number of hydrogen-bond donors (Lipinski definition) is 2. The molecule has 0 aliphatic heterocycles. The summed E-state index contributed by atoms with van der Waals surface area (Å²) in [6.45, 7) is 0. The first-order valence-corrected chi connectivity index (χ1v) is 5.69. The number of nitrogen functional groups attached to an aromatic ring is 1. The first-order valence-electron chi connectivity index (χ1n) is 5.69. The maximum Gasteiger partial charge on any atom is 0.272 e. The highest BCUT2D eigenvalue weighted by molar-refractivity contribution is 6.07. The van der Waals surface area contributed by atoms with E-state index in [0.29, 0.717) is 6.07 Å². The Bertz CT molecular complexity index is 735. The normalized spacial score (nSPS) is 10.2. The number of nitrogens with zero attached hydrogens (tertiary/aromatic N) is 1. The molecule has 0 atom stereocenters. The Kier molecular flexibility index (Phi) is 3.79. The second kappa shape index (κ2) is 5.53. The maximum absolute atomic E-state index is 13.6. The summed E-state index contributed by atoms with van der Waals surface area (Å²) in [5, 5.41) is 12.7. The summed E-state index contributed by atoms with van der Waals surface area (Å²) in [5.41, 5.74) is 4.68. The molecular formula is C13H9F2N3O3. The van der Waals surface area contributed by atoms with E-state index in [0.717, 1.165) is 30.3 Å². The van der Waals surface area contributed by atoms with Crippen molar-refractivity contribution < 1.29 is 18.5 Å².